The molecule has 1 N–H and O–H groups in total. The number of para-hydroxylation sites is 1. The summed E-state index contributed by atoms with van der Waals surface area (Å²) >= 11 is 0. The molecule has 2 aliphatic heterocycles. The molecule has 2 saturated heterocycles. The summed E-state index contributed by atoms with van der Waals surface area (Å²) in [5, 5.41) is 12.3. The Kier molecular flexibility index (Phi) is 6.74. The van der Waals surface area contributed by atoms with Gasteiger partial charge in [0.25, 0.3) is 0 Å². The van der Waals surface area contributed by atoms with Crippen molar-refractivity contribution in [1.29, 1.82) is 5.26 Å². The van der Waals surface area contributed by atoms with E-state index in [9.17, 15) is 23.6 Å². The van der Waals surface area contributed by atoms with E-state index in [1.54, 1.807) is 0 Å². The predicted octanol–water partition coefficient (Wildman–Crippen LogP) is 3.78. The van der Waals surface area contributed by atoms with Crippen LogP contribution in [0.1, 0.15) is 36.4 Å². The number of rotatable bonds is 4. The molecular formula is C26H27F2N5O3. The van der Waals surface area contributed by atoms with Gasteiger partial charge >= 0.3 is 12.1 Å². The second-order valence-electron chi connectivity index (χ2n) is 9.40. The maximum Gasteiger partial charge on any atom is 0.418 e. The van der Waals surface area contributed by atoms with Gasteiger partial charge in [-0.25, -0.2) is 23.3 Å². The summed E-state index contributed by atoms with van der Waals surface area (Å²) in [6.45, 7) is 3.26. The smallest absolute Gasteiger partial charge is 0.418 e. The molecule has 2 aromatic carbocycles. The number of hydrogen-bond donors (Lipinski definition) is 1. The van der Waals surface area contributed by atoms with E-state index in [4.69, 9.17) is 4.74 Å². The second kappa shape index (κ2) is 10.1. The molecule has 3 aliphatic rings. The molecule has 0 spiro atoms. The highest BCUT2D eigenvalue weighted by molar-refractivity contribution is 5.92. The lowest BCUT2D eigenvalue weighted by atomic mass is 10.1. The minimum atomic E-state index is -1.04. The molecule has 36 heavy (non-hydrogen) atoms. The van der Waals surface area contributed by atoms with Crippen LogP contribution in [-0.2, 0) is 4.74 Å². The quantitative estimate of drug-likeness (QED) is 0.695. The van der Waals surface area contributed by atoms with Gasteiger partial charge in [0, 0.05) is 38.3 Å². The Bertz CT molecular complexity index is 1190. The molecule has 0 unspecified atom stereocenters. The normalized spacial score (nSPS) is 24.5. The second-order valence-corrected chi connectivity index (χ2v) is 9.40. The first-order valence-electron chi connectivity index (χ1n) is 12.1. The average molecular weight is 496 g/mol. The molecule has 2 aromatic rings. The Morgan fingerprint density at radius 2 is 1.83 bits per heavy atom. The van der Waals surface area contributed by atoms with Crippen LogP contribution in [0.4, 0.5) is 24.1 Å². The first kappa shape index (κ1) is 24.0. The summed E-state index contributed by atoms with van der Waals surface area (Å²) in [7, 11) is 0. The summed E-state index contributed by atoms with van der Waals surface area (Å²) in [4.78, 5) is 30.9. The van der Waals surface area contributed by atoms with Gasteiger partial charge in [-0.1, -0.05) is 18.2 Å². The molecule has 8 nitrogen and oxygen atoms in total. The van der Waals surface area contributed by atoms with E-state index in [0.717, 1.165) is 68.2 Å². The van der Waals surface area contributed by atoms with Crippen LogP contribution in [0, 0.1) is 23.0 Å². The zero-order valence-electron chi connectivity index (χ0n) is 19.7. The van der Waals surface area contributed by atoms with Crippen molar-refractivity contribution in [1.82, 2.24) is 15.1 Å². The number of anilines is 1. The van der Waals surface area contributed by atoms with Gasteiger partial charge < -0.3 is 15.0 Å². The number of cyclic esters (lactones) is 1. The third-order valence-electron chi connectivity index (χ3n) is 7.35. The summed E-state index contributed by atoms with van der Waals surface area (Å²) in [5.41, 5.74) is 1.94. The number of nitriles is 1. The standard InChI is InChI=1S/C26H27F2N5O3/c27-21-8-5-17(13-22(21)28)24-16-36-26(35)33(24)25(34)30-19-6-7-20(14-19)31-9-11-32(12-10-31)23-4-2-1-3-18(23)15-29/h1-5,8,13,19-20,24H,6-7,9-12,14,16H2,(H,30,34)/t19-,20-,24-/m1/s1. The monoisotopic (exact) mass is 495 g/mol. The largest absolute Gasteiger partial charge is 0.446 e. The number of amides is 3. The number of carbonyl (C=O) groups excluding carboxylic acids is 2. The van der Waals surface area contributed by atoms with Crippen molar-refractivity contribution in [3.8, 4) is 6.07 Å². The van der Waals surface area contributed by atoms with Crippen LogP contribution in [0.25, 0.3) is 0 Å². The average Bonchev–Trinajstić information content (AvgIpc) is 3.52. The molecule has 3 amide bonds. The highest BCUT2D eigenvalue weighted by Crippen LogP contribution is 2.31. The SMILES string of the molecule is N#Cc1ccccc1N1CCN([C@@H]2CC[C@@H](NC(=O)N3C(=O)OC[C@@H]3c3ccc(F)c(F)c3)C2)CC1. The van der Waals surface area contributed by atoms with Gasteiger partial charge in [0.2, 0.25) is 0 Å². The van der Waals surface area contributed by atoms with Gasteiger partial charge in [-0.05, 0) is 49.1 Å². The number of urea groups is 1. The Morgan fingerprint density at radius 3 is 2.58 bits per heavy atom. The van der Waals surface area contributed by atoms with Crippen LogP contribution in [0.2, 0.25) is 0 Å². The van der Waals surface area contributed by atoms with Gasteiger partial charge in [-0.15, -0.1) is 0 Å². The number of halogens is 2. The fourth-order valence-corrected chi connectivity index (χ4v) is 5.45. The topological polar surface area (TPSA) is 88.9 Å². The van der Waals surface area contributed by atoms with Crippen molar-refractivity contribution in [3.63, 3.8) is 0 Å². The van der Waals surface area contributed by atoms with Crippen LogP contribution in [0.3, 0.4) is 0 Å². The molecule has 1 saturated carbocycles. The fourth-order valence-electron chi connectivity index (χ4n) is 5.45. The Balaban J connectivity index is 1.16. The number of imide groups is 1. The van der Waals surface area contributed by atoms with Crippen molar-refractivity contribution in [2.75, 3.05) is 37.7 Å². The third-order valence-corrected chi connectivity index (χ3v) is 7.35. The summed E-state index contributed by atoms with van der Waals surface area (Å²) in [5.74, 6) is -2.03. The molecule has 5 rings (SSSR count). The van der Waals surface area contributed by atoms with Crippen molar-refractivity contribution < 1.29 is 23.1 Å². The van der Waals surface area contributed by atoms with Gasteiger partial charge in [-0.3, -0.25) is 4.90 Å². The van der Waals surface area contributed by atoms with Crippen molar-refractivity contribution in [2.45, 2.75) is 37.4 Å². The lowest BCUT2D eigenvalue weighted by molar-refractivity contribution is 0.156. The molecule has 3 atom stereocenters. The van der Waals surface area contributed by atoms with Crippen molar-refractivity contribution >= 4 is 17.8 Å². The zero-order valence-corrected chi connectivity index (χ0v) is 19.7. The number of benzene rings is 2. The lowest BCUT2D eigenvalue weighted by Crippen LogP contribution is -2.50. The number of carbonyl (C=O) groups is 2. The van der Waals surface area contributed by atoms with Crippen LogP contribution in [-0.4, -0.2) is 66.8 Å². The summed E-state index contributed by atoms with van der Waals surface area (Å²) in [6, 6.07) is 12.0. The van der Waals surface area contributed by atoms with Crippen LogP contribution < -0.4 is 10.2 Å². The Labute approximate surface area is 208 Å². The van der Waals surface area contributed by atoms with E-state index in [0.29, 0.717) is 17.2 Å². The van der Waals surface area contributed by atoms with E-state index in [2.05, 4.69) is 21.2 Å². The van der Waals surface area contributed by atoms with Crippen LogP contribution >= 0.6 is 0 Å². The maximum absolute atomic E-state index is 13.7. The van der Waals surface area contributed by atoms with E-state index in [1.165, 1.54) is 6.07 Å². The number of piperazine rings is 1. The molecule has 10 heteroatoms. The number of nitrogens with zero attached hydrogens (tertiary/aromatic N) is 4. The first-order valence-corrected chi connectivity index (χ1v) is 12.1. The Morgan fingerprint density at radius 1 is 1.06 bits per heavy atom. The molecule has 3 fully saturated rings. The molecule has 1 aliphatic carbocycles. The molecule has 2 heterocycles. The van der Waals surface area contributed by atoms with Gasteiger partial charge in [0.1, 0.15) is 18.7 Å². The number of hydrogen-bond acceptors (Lipinski definition) is 6. The molecule has 188 valence electrons. The van der Waals surface area contributed by atoms with Gasteiger partial charge in [-0.2, -0.15) is 5.26 Å². The van der Waals surface area contributed by atoms with Crippen molar-refractivity contribution in [3.05, 3.63) is 65.2 Å². The molecule has 0 aromatic heterocycles. The highest BCUT2D eigenvalue weighted by Gasteiger charge is 2.41. The molecule has 0 bridgehead atoms. The maximum atomic E-state index is 13.7. The summed E-state index contributed by atoms with van der Waals surface area (Å²) < 4.78 is 32.1. The van der Waals surface area contributed by atoms with Crippen molar-refractivity contribution in [2.24, 2.45) is 0 Å². The van der Waals surface area contributed by atoms with E-state index in [-0.39, 0.29) is 12.6 Å². The number of nitrogens with one attached hydrogen (secondary N) is 1. The minimum absolute atomic E-state index is 0.0983. The van der Waals surface area contributed by atoms with E-state index >= 15 is 0 Å². The van der Waals surface area contributed by atoms with E-state index in [1.807, 2.05) is 24.3 Å². The minimum Gasteiger partial charge on any atom is -0.446 e. The first-order chi connectivity index (χ1) is 17.4. The Hall–Kier alpha value is -3.71. The molecule has 0 radical (unpaired) electrons. The molecular weight excluding hydrogens is 468 g/mol. The third kappa shape index (κ3) is 4.71. The fraction of sp³-hybridized carbons (Fsp3) is 0.423. The van der Waals surface area contributed by atoms with Crippen LogP contribution in [0.15, 0.2) is 42.5 Å². The van der Waals surface area contributed by atoms with E-state index < -0.39 is 29.8 Å². The van der Waals surface area contributed by atoms with Crippen LogP contribution in [0.5, 0.6) is 0 Å². The highest BCUT2D eigenvalue weighted by atomic mass is 19.2. The predicted molar refractivity (Wildman–Crippen MR) is 127 cm³/mol. The zero-order chi connectivity index (χ0) is 25.2. The number of ether oxygens (including phenoxy) is 1. The van der Waals surface area contributed by atoms with Gasteiger partial charge in [0.05, 0.1) is 11.3 Å². The summed E-state index contributed by atoms with van der Waals surface area (Å²) in [6.07, 6.45) is 1.67. The van der Waals surface area contributed by atoms with Gasteiger partial charge in [0.15, 0.2) is 11.6 Å². The lowest BCUT2D eigenvalue weighted by Gasteiger charge is -2.39.